The standard InChI is InChI=1S/C23H31N5O3/c1-19-3-2-4-20(15-19)18-24-26-22-16-21(31-14-7-27-5-10-29-11-6-27)17-23(25-22)28-8-12-30-13-9-28/h2-4,15-17H,5-14,18H2,1H3. The van der Waals surface area contributed by atoms with E-state index >= 15 is 0 Å². The molecule has 0 N–H and O–H groups in total. The maximum absolute atomic E-state index is 6.08. The number of ether oxygens (including phenoxy) is 3. The van der Waals surface area contributed by atoms with Gasteiger partial charge in [-0.05, 0) is 12.5 Å². The summed E-state index contributed by atoms with van der Waals surface area (Å²) in [7, 11) is 0. The van der Waals surface area contributed by atoms with Crippen molar-refractivity contribution in [2.75, 3.05) is 70.7 Å². The first kappa shape index (κ1) is 21.7. The Labute approximate surface area is 183 Å². The molecular formula is C23H31N5O3. The highest BCUT2D eigenvalue weighted by Gasteiger charge is 2.15. The number of morpholine rings is 2. The number of pyridine rings is 1. The van der Waals surface area contributed by atoms with E-state index in [0.717, 1.165) is 63.1 Å². The van der Waals surface area contributed by atoms with Crippen LogP contribution in [0.5, 0.6) is 5.75 Å². The van der Waals surface area contributed by atoms with E-state index in [9.17, 15) is 0 Å². The van der Waals surface area contributed by atoms with E-state index in [1.54, 1.807) is 0 Å². The molecule has 166 valence electrons. The largest absolute Gasteiger partial charge is 0.492 e. The number of nitrogens with zero attached hydrogens (tertiary/aromatic N) is 5. The topological polar surface area (TPSA) is 71.8 Å². The minimum absolute atomic E-state index is 0.526. The monoisotopic (exact) mass is 425 g/mol. The molecule has 1 aromatic heterocycles. The molecule has 0 atom stereocenters. The van der Waals surface area contributed by atoms with Gasteiger partial charge in [0.05, 0.1) is 33.0 Å². The van der Waals surface area contributed by atoms with Crippen LogP contribution < -0.4 is 9.64 Å². The molecule has 0 saturated carbocycles. The van der Waals surface area contributed by atoms with Crippen LogP contribution >= 0.6 is 0 Å². The van der Waals surface area contributed by atoms with Crippen molar-refractivity contribution in [3.63, 3.8) is 0 Å². The third-order valence-electron chi connectivity index (χ3n) is 5.40. The number of azo groups is 1. The lowest BCUT2D eigenvalue weighted by atomic mass is 10.1. The van der Waals surface area contributed by atoms with Crippen molar-refractivity contribution in [2.45, 2.75) is 13.5 Å². The maximum atomic E-state index is 6.08. The van der Waals surface area contributed by atoms with E-state index in [0.29, 0.717) is 32.2 Å². The number of rotatable bonds is 8. The Bertz CT molecular complexity index is 864. The highest BCUT2D eigenvalue weighted by atomic mass is 16.5. The lowest BCUT2D eigenvalue weighted by Gasteiger charge is -2.28. The van der Waals surface area contributed by atoms with Gasteiger partial charge in [-0.1, -0.05) is 29.8 Å². The average molecular weight is 426 g/mol. The van der Waals surface area contributed by atoms with Crippen molar-refractivity contribution >= 4 is 11.6 Å². The zero-order chi connectivity index (χ0) is 21.3. The fourth-order valence-corrected chi connectivity index (χ4v) is 3.68. The van der Waals surface area contributed by atoms with Gasteiger partial charge < -0.3 is 19.1 Å². The molecule has 0 amide bonds. The molecule has 0 bridgehead atoms. The summed E-state index contributed by atoms with van der Waals surface area (Å²) in [6.07, 6.45) is 0. The summed E-state index contributed by atoms with van der Waals surface area (Å²) in [6.45, 7) is 10.6. The zero-order valence-corrected chi connectivity index (χ0v) is 18.2. The molecule has 1 aromatic carbocycles. The van der Waals surface area contributed by atoms with Crippen LogP contribution in [0.4, 0.5) is 11.6 Å². The van der Waals surface area contributed by atoms with Crippen LogP contribution in [0.15, 0.2) is 46.6 Å². The third-order valence-corrected chi connectivity index (χ3v) is 5.40. The van der Waals surface area contributed by atoms with Crippen molar-refractivity contribution in [1.29, 1.82) is 0 Å². The Morgan fingerprint density at radius 3 is 2.55 bits per heavy atom. The minimum Gasteiger partial charge on any atom is -0.492 e. The number of aromatic nitrogens is 1. The van der Waals surface area contributed by atoms with Crippen molar-refractivity contribution in [2.24, 2.45) is 10.2 Å². The van der Waals surface area contributed by atoms with Gasteiger partial charge in [0.2, 0.25) is 0 Å². The van der Waals surface area contributed by atoms with Gasteiger partial charge in [0, 0.05) is 44.9 Å². The smallest absolute Gasteiger partial charge is 0.179 e. The molecule has 3 heterocycles. The second kappa shape index (κ2) is 11.2. The van der Waals surface area contributed by atoms with Gasteiger partial charge in [-0.3, -0.25) is 4.90 Å². The summed E-state index contributed by atoms with van der Waals surface area (Å²) in [6, 6.07) is 12.2. The van der Waals surface area contributed by atoms with Crippen molar-refractivity contribution in [3.05, 3.63) is 47.5 Å². The number of hydrogen-bond donors (Lipinski definition) is 0. The lowest BCUT2D eigenvalue weighted by Crippen LogP contribution is -2.38. The number of hydrogen-bond acceptors (Lipinski definition) is 8. The second-order valence-corrected chi connectivity index (χ2v) is 7.81. The predicted molar refractivity (Wildman–Crippen MR) is 119 cm³/mol. The molecular weight excluding hydrogens is 394 g/mol. The average Bonchev–Trinajstić information content (AvgIpc) is 2.80. The van der Waals surface area contributed by atoms with Crippen LogP contribution in [-0.2, 0) is 16.0 Å². The first-order chi connectivity index (χ1) is 15.3. The molecule has 2 saturated heterocycles. The van der Waals surface area contributed by atoms with Crippen LogP contribution in [0.2, 0.25) is 0 Å². The number of benzene rings is 1. The van der Waals surface area contributed by atoms with E-state index in [1.807, 2.05) is 18.2 Å². The quantitative estimate of drug-likeness (QED) is 0.605. The van der Waals surface area contributed by atoms with Gasteiger partial charge in [0.25, 0.3) is 0 Å². The maximum Gasteiger partial charge on any atom is 0.179 e. The Kier molecular flexibility index (Phi) is 7.81. The van der Waals surface area contributed by atoms with Gasteiger partial charge >= 0.3 is 0 Å². The summed E-state index contributed by atoms with van der Waals surface area (Å²) in [5.74, 6) is 2.20. The molecule has 2 aliphatic rings. The summed E-state index contributed by atoms with van der Waals surface area (Å²) >= 11 is 0. The fourth-order valence-electron chi connectivity index (χ4n) is 3.68. The Balaban J connectivity index is 1.43. The van der Waals surface area contributed by atoms with Crippen LogP contribution in [0, 0.1) is 6.92 Å². The molecule has 4 rings (SSSR count). The van der Waals surface area contributed by atoms with E-state index in [4.69, 9.17) is 19.2 Å². The first-order valence-electron chi connectivity index (χ1n) is 11.0. The van der Waals surface area contributed by atoms with Gasteiger partial charge in [-0.15, -0.1) is 5.11 Å². The van der Waals surface area contributed by atoms with Crippen LogP contribution in [0.1, 0.15) is 11.1 Å². The first-order valence-corrected chi connectivity index (χ1v) is 11.0. The van der Waals surface area contributed by atoms with Crippen molar-refractivity contribution in [1.82, 2.24) is 9.88 Å². The van der Waals surface area contributed by atoms with E-state index in [2.05, 4.69) is 45.2 Å². The van der Waals surface area contributed by atoms with Gasteiger partial charge in [-0.2, -0.15) is 5.11 Å². The summed E-state index contributed by atoms with van der Waals surface area (Å²) in [5.41, 5.74) is 2.35. The Hall–Kier alpha value is -2.55. The fraction of sp³-hybridized carbons (Fsp3) is 0.522. The SMILES string of the molecule is Cc1cccc(CN=Nc2cc(OCCN3CCOCC3)cc(N3CCOCC3)n2)c1. The molecule has 0 unspecified atom stereocenters. The second-order valence-electron chi connectivity index (χ2n) is 7.81. The molecule has 8 nitrogen and oxygen atoms in total. The Morgan fingerprint density at radius 2 is 1.77 bits per heavy atom. The van der Waals surface area contributed by atoms with Crippen molar-refractivity contribution in [3.8, 4) is 5.75 Å². The molecule has 0 spiro atoms. The lowest BCUT2D eigenvalue weighted by molar-refractivity contribution is 0.0322. The molecule has 2 fully saturated rings. The summed E-state index contributed by atoms with van der Waals surface area (Å²) in [5, 5.41) is 8.77. The molecule has 0 aliphatic carbocycles. The highest BCUT2D eigenvalue weighted by Crippen LogP contribution is 2.26. The normalized spacial score (nSPS) is 17.9. The van der Waals surface area contributed by atoms with Crippen LogP contribution in [-0.4, -0.2) is 75.6 Å². The molecule has 31 heavy (non-hydrogen) atoms. The van der Waals surface area contributed by atoms with E-state index in [-0.39, 0.29) is 0 Å². The number of anilines is 1. The molecule has 2 aromatic rings. The summed E-state index contributed by atoms with van der Waals surface area (Å²) in [4.78, 5) is 9.27. The van der Waals surface area contributed by atoms with Crippen LogP contribution in [0.3, 0.4) is 0 Å². The van der Waals surface area contributed by atoms with Gasteiger partial charge in [0.1, 0.15) is 18.2 Å². The molecule has 2 aliphatic heterocycles. The van der Waals surface area contributed by atoms with E-state index < -0.39 is 0 Å². The van der Waals surface area contributed by atoms with Crippen molar-refractivity contribution < 1.29 is 14.2 Å². The van der Waals surface area contributed by atoms with Gasteiger partial charge in [-0.25, -0.2) is 4.98 Å². The Morgan fingerprint density at radius 1 is 1.00 bits per heavy atom. The highest BCUT2D eigenvalue weighted by molar-refractivity contribution is 5.51. The van der Waals surface area contributed by atoms with Gasteiger partial charge in [0.15, 0.2) is 5.82 Å². The van der Waals surface area contributed by atoms with E-state index in [1.165, 1.54) is 5.56 Å². The number of aryl methyl sites for hydroxylation is 1. The minimum atomic E-state index is 0.526. The van der Waals surface area contributed by atoms with Crippen LogP contribution in [0.25, 0.3) is 0 Å². The predicted octanol–water partition coefficient (Wildman–Crippen LogP) is 3.22. The third kappa shape index (κ3) is 6.72. The zero-order valence-electron chi connectivity index (χ0n) is 18.2. The molecule has 8 heteroatoms. The molecule has 0 radical (unpaired) electrons. The summed E-state index contributed by atoms with van der Waals surface area (Å²) < 4.78 is 17.0.